The summed E-state index contributed by atoms with van der Waals surface area (Å²) in [5, 5.41) is 3.72. The number of anilines is 1. The Kier molecular flexibility index (Phi) is 3.65. The van der Waals surface area contributed by atoms with E-state index in [1.807, 2.05) is 6.07 Å². The Bertz CT molecular complexity index is 433. The van der Waals surface area contributed by atoms with Crippen molar-refractivity contribution >= 4 is 5.69 Å². The third kappa shape index (κ3) is 2.71. The van der Waals surface area contributed by atoms with E-state index in [0.717, 1.165) is 17.5 Å². The first-order valence-electron chi connectivity index (χ1n) is 7.50. The Morgan fingerprint density at radius 3 is 2.89 bits per heavy atom. The summed E-state index contributed by atoms with van der Waals surface area (Å²) < 4.78 is 5.89. The lowest BCUT2D eigenvalue weighted by Gasteiger charge is -2.24. The number of para-hydroxylation sites is 2. The van der Waals surface area contributed by atoms with Crippen LogP contribution < -0.4 is 10.1 Å². The summed E-state index contributed by atoms with van der Waals surface area (Å²) in [7, 11) is 0. The van der Waals surface area contributed by atoms with Gasteiger partial charge < -0.3 is 10.1 Å². The smallest absolute Gasteiger partial charge is 0.142 e. The van der Waals surface area contributed by atoms with Gasteiger partial charge >= 0.3 is 0 Å². The second-order valence-electron chi connectivity index (χ2n) is 5.95. The van der Waals surface area contributed by atoms with Crippen molar-refractivity contribution in [2.24, 2.45) is 0 Å². The molecule has 0 aliphatic carbocycles. The lowest BCUT2D eigenvalue weighted by atomic mass is 10.1. The van der Waals surface area contributed by atoms with Crippen LogP contribution >= 0.6 is 0 Å². The highest BCUT2D eigenvalue weighted by molar-refractivity contribution is 5.57. The predicted molar refractivity (Wildman–Crippen MR) is 78.8 cm³/mol. The predicted octanol–water partition coefficient (Wildman–Crippen LogP) is 3.12. The van der Waals surface area contributed by atoms with Gasteiger partial charge in [-0.15, -0.1) is 0 Å². The summed E-state index contributed by atoms with van der Waals surface area (Å²) in [6, 6.07) is 9.63. The quantitative estimate of drug-likeness (QED) is 0.900. The van der Waals surface area contributed by atoms with Gasteiger partial charge in [0.2, 0.25) is 0 Å². The van der Waals surface area contributed by atoms with Gasteiger partial charge in [0.25, 0.3) is 0 Å². The SMILES string of the molecule is CC(C)Oc1ccccc1NC1CCN2CCCC12. The number of hydrogen-bond donors (Lipinski definition) is 1. The third-order valence-corrected chi connectivity index (χ3v) is 4.20. The molecule has 2 aliphatic rings. The van der Waals surface area contributed by atoms with Crippen molar-refractivity contribution in [3.63, 3.8) is 0 Å². The van der Waals surface area contributed by atoms with Gasteiger partial charge in [0.15, 0.2) is 0 Å². The minimum absolute atomic E-state index is 0.217. The summed E-state index contributed by atoms with van der Waals surface area (Å²) in [6.45, 7) is 6.68. The Hall–Kier alpha value is -1.22. The summed E-state index contributed by atoms with van der Waals surface area (Å²) in [5.41, 5.74) is 1.15. The zero-order chi connectivity index (χ0) is 13.2. The molecule has 0 saturated carbocycles. The summed E-state index contributed by atoms with van der Waals surface area (Å²) in [5.74, 6) is 0.981. The molecular weight excluding hydrogens is 236 g/mol. The van der Waals surface area contributed by atoms with Crippen molar-refractivity contribution in [1.82, 2.24) is 4.90 Å². The van der Waals surface area contributed by atoms with E-state index >= 15 is 0 Å². The molecule has 0 bridgehead atoms. The van der Waals surface area contributed by atoms with Crippen molar-refractivity contribution in [1.29, 1.82) is 0 Å². The monoisotopic (exact) mass is 260 g/mol. The molecule has 1 N–H and O–H groups in total. The minimum Gasteiger partial charge on any atom is -0.489 e. The van der Waals surface area contributed by atoms with Gasteiger partial charge in [-0.05, 0) is 51.8 Å². The fraction of sp³-hybridized carbons (Fsp3) is 0.625. The molecule has 104 valence electrons. The molecule has 2 atom stereocenters. The van der Waals surface area contributed by atoms with E-state index in [-0.39, 0.29) is 6.10 Å². The van der Waals surface area contributed by atoms with E-state index < -0.39 is 0 Å². The highest BCUT2D eigenvalue weighted by Gasteiger charge is 2.37. The zero-order valence-corrected chi connectivity index (χ0v) is 11.9. The molecule has 2 aliphatic heterocycles. The highest BCUT2D eigenvalue weighted by Crippen LogP contribution is 2.33. The van der Waals surface area contributed by atoms with E-state index in [1.54, 1.807) is 0 Å². The average molecular weight is 260 g/mol. The maximum Gasteiger partial charge on any atom is 0.142 e. The molecule has 0 spiro atoms. The minimum atomic E-state index is 0.217. The molecule has 2 unspecified atom stereocenters. The van der Waals surface area contributed by atoms with Crippen LogP contribution in [0.1, 0.15) is 33.1 Å². The maximum atomic E-state index is 5.89. The van der Waals surface area contributed by atoms with E-state index in [2.05, 4.69) is 42.3 Å². The van der Waals surface area contributed by atoms with Crippen LogP contribution in [0.5, 0.6) is 5.75 Å². The van der Waals surface area contributed by atoms with Crippen LogP contribution in [0.15, 0.2) is 24.3 Å². The van der Waals surface area contributed by atoms with Crippen LogP contribution in [-0.2, 0) is 0 Å². The first kappa shape index (κ1) is 12.8. The van der Waals surface area contributed by atoms with Gasteiger partial charge in [0, 0.05) is 18.6 Å². The molecule has 2 heterocycles. The van der Waals surface area contributed by atoms with Gasteiger partial charge in [-0.1, -0.05) is 12.1 Å². The maximum absolute atomic E-state index is 5.89. The van der Waals surface area contributed by atoms with Crippen molar-refractivity contribution in [3.8, 4) is 5.75 Å². The first-order chi connectivity index (χ1) is 9.24. The van der Waals surface area contributed by atoms with E-state index in [1.165, 1.54) is 32.4 Å². The Balaban J connectivity index is 1.72. The van der Waals surface area contributed by atoms with E-state index in [9.17, 15) is 0 Å². The molecular formula is C16H24N2O. The van der Waals surface area contributed by atoms with Crippen molar-refractivity contribution in [2.75, 3.05) is 18.4 Å². The largest absolute Gasteiger partial charge is 0.489 e. The van der Waals surface area contributed by atoms with Crippen LogP contribution in [0.25, 0.3) is 0 Å². The Morgan fingerprint density at radius 1 is 1.21 bits per heavy atom. The summed E-state index contributed by atoms with van der Waals surface area (Å²) >= 11 is 0. The molecule has 0 amide bonds. The van der Waals surface area contributed by atoms with Crippen molar-refractivity contribution < 1.29 is 4.74 Å². The molecule has 2 fully saturated rings. The number of nitrogens with one attached hydrogen (secondary N) is 1. The molecule has 19 heavy (non-hydrogen) atoms. The van der Waals surface area contributed by atoms with Crippen LogP contribution in [0.2, 0.25) is 0 Å². The fourth-order valence-electron chi connectivity index (χ4n) is 3.39. The van der Waals surface area contributed by atoms with Gasteiger partial charge in [-0.2, -0.15) is 0 Å². The molecule has 3 nitrogen and oxygen atoms in total. The third-order valence-electron chi connectivity index (χ3n) is 4.20. The molecule has 2 saturated heterocycles. The van der Waals surface area contributed by atoms with Crippen LogP contribution in [0.3, 0.4) is 0 Å². The lowest BCUT2D eigenvalue weighted by molar-refractivity contribution is 0.243. The Morgan fingerprint density at radius 2 is 2.05 bits per heavy atom. The average Bonchev–Trinajstić information content (AvgIpc) is 2.96. The van der Waals surface area contributed by atoms with Crippen molar-refractivity contribution in [2.45, 2.75) is 51.3 Å². The van der Waals surface area contributed by atoms with Crippen molar-refractivity contribution in [3.05, 3.63) is 24.3 Å². The molecule has 0 aromatic heterocycles. The van der Waals surface area contributed by atoms with Crippen LogP contribution in [-0.4, -0.2) is 36.2 Å². The molecule has 3 rings (SSSR count). The summed E-state index contributed by atoms with van der Waals surface area (Å²) in [4.78, 5) is 2.63. The number of benzene rings is 1. The van der Waals surface area contributed by atoms with Gasteiger partial charge in [0.05, 0.1) is 11.8 Å². The standard InChI is InChI=1S/C16H24N2O/c1-12(2)19-16-8-4-3-6-14(16)17-13-9-11-18-10-5-7-15(13)18/h3-4,6,8,12-13,15,17H,5,7,9-11H2,1-2H3. The summed E-state index contributed by atoms with van der Waals surface area (Å²) in [6.07, 6.45) is 4.16. The van der Waals surface area contributed by atoms with Gasteiger partial charge in [0.1, 0.15) is 5.75 Å². The number of nitrogens with zero attached hydrogens (tertiary/aromatic N) is 1. The number of hydrogen-bond acceptors (Lipinski definition) is 3. The highest BCUT2D eigenvalue weighted by atomic mass is 16.5. The molecule has 1 aromatic rings. The Labute approximate surface area is 115 Å². The second-order valence-corrected chi connectivity index (χ2v) is 5.95. The van der Waals surface area contributed by atoms with E-state index in [4.69, 9.17) is 4.74 Å². The fourth-order valence-corrected chi connectivity index (χ4v) is 3.39. The normalized spacial score (nSPS) is 26.7. The van der Waals surface area contributed by atoms with Crippen LogP contribution in [0, 0.1) is 0 Å². The van der Waals surface area contributed by atoms with Crippen LogP contribution in [0.4, 0.5) is 5.69 Å². The van der Waals surface area contributed by atoms with Gasteiger partial charge in [-0.25, -0.2) is 0 Å². The number of rotatable bonds is 4. The molecule has 0 radical (unpaired) electrons. The topological polar surface area (TPSA) is 24.5 Å². The first-order valence-corrected chi connectivity index (χ1v) is 7.50. The number of fused-ring (bicyclic) bond motifs is 1. The van der Waals surface area contributed by atoms with E-state index in [0.29, 0.717) is 6.04 Å². The lowest BCUT2D eigenvalue weighted by Crippen LogP contribution is -2.33. The zero-order valence-electron chi connectivity index (χ0n) is 11.9. The number of ether oxygens (including phenoxy) is 1. The molecule has 1 aromatic carbocycles. The molecule has 3 heteroatoms. The second kappa shape index (κ2) is 5.41. The van der Waals surface area contributed by atoms with Gasteiger partial charge in [-0.3, -0.25) is 4.90 Å².